The number of para-hydroxylation sites is 2. The number of nitro groups is 1. The van der Waals surface area contributed by atoms with E-state index in [9.17, 15) is 19.7 Å². The van der Waals surface area contributed by atoms with Crippen molar-refractivity contribution < 1.29 is 24.0 Å². The lowest BCUT2D eigenvalue weighted by molar-refractivity contribution is -0.385. The lowest BCUT2D eigenvalue weighted by atomic mass is 10.1. The average Bonchev–Trinajstić information content (AvgIpc) is 2.84. The Morgan fingerprint density at radius 2 is 1.78 bits per heavy atom. The predicted molar refractivity (Wildman–Crippen MR) is 143 cm³/mol. The van der Waals surface area contributed by atoms with E-state index in [4.69, 9.17) is 9.47 Å². The highest BCUT2D eigenvalue weighted by Gasteiger charge is 2.16. The maximum Gasteiger partial charge on any atom is 0.273 e. The Labute approximate surface area is 221 Å². The molecule has 2 N–H and O–H groups in total. The molecule has 0 heterocycles. The Bertz CT molecular complexity index is 1270. The maximum absolute atomic E-state index is 12.2. The Hall–Kier alpha value is -4.00. The summed E-state index contributed by atoms with van der Waals surface area (Å²) in [6.07, 6.45) is 1.24. The van der Waals surface area contributed by atoms with Crippen molar-refractivity contribution in [2.75, 3.05) is 18.5 Å². The Balaban J connectivity index is 1.63. The van der Waals surface area contributed by atoms with Gasteiger partial charge in [-0.15, -0.1) is 0 Å². The van der Waals surface area contributed by atoms with Crippen LogP contribution in [0.3, 0.4) is 0 Å². The van der Waals surface area contributed by atoms with Crippen LogP contribution in [0.2, 0.25) is 0 Å². The molecule has 0 atom stereocenters. The molecule has 0 fully saturated rings. The van der Waals surface area contributed by atoms with E-state index in [2.05, 4.69) is 38.4 Å². The molecule has 10 nitrogen and oxygen atoms in total. The van der Waals surface area contributed by atoms with Crippen LogP contribution in [0.1, 0.15) is 18.1 Å². The fraction of sp³-hybridized carbons (Fsp3) is 0.160. The van der Waals surface area contributed by atoms with Crippen LogP contribution < -0.4 is 20.2 Å². The molecule has 186 valence electrons. The van der Waals surface area contributed by atoms with Gasteiger partial charge in [-0.2, -0.15) is 5.10 Å². The molecule has 3 rings (SSSR count). The molecule has 0 unspecified atom stereocenters. The summed E-state index contributed by atoms with van der Waals surface area (Å²) >= 11 is 2.06. The molecule has 0 saturated carbocycles. The Morgan fingerprint density at radius 3 is 2.50 bits per heavy atom. The third-order valence-electron chi connectivity index (χ3n) is 4.68. The van der Waals surface area contributed by atoms with Crippen molar-refractivity contribution in [3.8, 4) is 11.5 Å². The lowest BCUT2D eigenvalue weighted by Gasteiger charge is -2.14. The number of hydrogen-bond donors (Lipinski definition) is 2. The van der Waals surface area contributed by atoms with Crippen LogP contribution in [-0.2, 0) is 16.0 Å². The van der Waals surface area contributed by atoms with Crippen molar-refractivity contribution in [3.63, 3.8) is 0 Å². The highest BCUT2D eigenvalue weighted by Crippen LogP contribution is 2.34. The number of amides is 2. The third-order valence-corrected chi connectivity index (χ3v) is 5.48. The van der Waals surface area contributed by atoms with Crippen LogP contribution in [0.4, 0.5) is 11.4 Å². The molecular formula is C25H23IN4O6. The van der Waals surface area contributed by atoms with E-state index in [0.717, 1.165) is 0 Å². The summed E-state index contributed by atoms with van der Waals surface area (Å²) in [6.45, 7) is 1.98. The van der Waals surface area contributed by atoms with Crippen LogP contribution in [-0.4, -0.2) is 36.2 Å². The molecule has 11 heteroatoms. The highest BCUT2D eigenvalue weighted by atomic mass is 127. The molecule has 3 aromatic carbocycles. The second-order valence-corrected chi connectivity index (χ2v) is 8.48. The van der Waals surface area contributed by atoms with Crippen LogP contribution in [0, 0.1) is 13.7 Å². The minimum absolute atomic E-state index is 0.124. The first-order valence-corrected chi connectivity index (χ1v) is 11.9. The van der Waals surface area contributed by atoms with Crippen LogP contribution in [0.15, 0.2) is 71.8 Å². The van der Waals surface area contributed by atoms with Crippen LogP contribution >= 0.6 is 22.6 Å². The van der Waals surface area contributed by atoms with E-state index < -0.39 is 10.8 Å². The molecule has 0 saturated heterocycles. The second-order valence-electron chi connectivity index (χ2n) is 7.32. The number of ether oxygens (including phenoxy) is 2. The van der Waals surface area contributed by atoms with Crippen molar-refractivity contribution in [2.45, 2.75) is 13.3 Å². The van der Waals surface area contributed by atoms with Gasteiger partial charge < -0.3 is 14.8 Å². The molecule has 0 radical (unpaired) electrons. The van der Waals surface area contributed by atoms with E-state index in [-0.39, 0.29) is 24.6 Å². The van der Waals surface area contributed by atoms with Crippen LogP contribution in [0.5, 0.6) is 11.5 Å². The third kappa shape index (κ3) is 7.77. The highest BCUT2D eigenvalue weighted by molar-refractivity contribution is 14.1. The number of hydrogen-bond acceptors (Lipinski definition) is 7. The fourth-order valence-electron chi connectivity index (χ4n) is 3.15. The first kappa shape index (κ1) is 26.6. The van der Waals surface area contributed by atoms with Crippen LogP contribution in [0.25, 0.3) is 0 Å². The van der Waals surface area contributed by atoms with E-state index in [1.165, 1.54) is 18.3 Å². The smallest absolute Gasteiger partial charge is 0.273 e. The number of nitrogens with zero attached hydrogens (tertiary/aromatic N) is 2. The number of nitro benzene ring substituents is 1. The number of nitrogens with one attached hydrogen (secondary N) is 2. The molecule has 36 heavy (non-hydrogen) atoms. The number of benzene rings is 3. The van der Waals surface area contributed by atoms with Gasteiger partial charge in [-0.25, -0.2) is 5.43 Å². The summed E-state index contributed by atoms with van der Waals surface area (Å²) < 4.78 is 12.1. The summed E-state index contributed by atoms with van der Waals surface area (Å²) in [6, 6.07) is 18.5. The molecule has 0 aliphatic rings. The first-order valence-electron chi connectivity index (χ1n) is 10.9. The minimum atomic E-state index is -0.530. The van der Waals surface area contributed by atoms with Gasteiger partial charge in [0, 0.05) is 17.3 Å². The molecule has 0 aromatic heterocycles. The van der Waals surface area contributed by atoms with Gasteiger partial charge in [0.05, 0.1) is 27.7 Å². The van der Waals surface area contributed by atoms with Gasteiger partial charge in [-0.3, -0.25) is 19.7 Å². The van der Waals surface area contributed by atoms with Crippen molar-refractivity contribution in [1.82, 2.24) is 5.43 Å². The molecule has 3 aromatic rings. The number of halogens is 1. The zero-order valence-corrected chi connectivity index (χ0v) is 21.4. The summed E-state index contributed by atoms with van der Waals surface area (Å²) in [5.74, 6) is 0.0268. The second kappa shape index (κ2) is 13.2. The van der Waals surface area contributed by atoms with Gasteiger partial charge in [0.25, 0.3) is 11.6 Å². The normalized spacial score (nSPS) is 10.6. The molecule has 0 aliphatic carbocycles. The Kier molecular flexibility index (Phi) is 9.74. The van der Waals surface area contributed by atoms with Gasteiger partial charge in [-0.05, 0) is 59.3 Å². The summed E-state index contributed by atoms with van der Waals surface area (Å²) in [7, 11) is 0. The SMILES string of the molecule is CCOc1cc(/C=N/NC(=O)Cc2ccccc2[N+](=O)[O-])cc(I)c1OCC(=O)Nc1ccccc1. The maximum atomic E-state index is 12.2. The quantitative estimate of drug-likeness (QED) is 0.146. The Morgan fingerprint density at radius 1 is 1.06 bits per heavy atom. The van der Waals surface area contributed by atoms with Gasteiger partial charge in [0.15, 0.2) is 18.1 Å². The topological polar surface area (TPSA) is 132 Å². The fourth-order valence-corrected chi connectivity index (χ4v) is 3.93. The van der Waals surface area contributed by atoms with E-state index in [1.807, 2.05) is 25.1 Å². The zero-order chi connectivity index (χ0) is 25.9. The molecule has 0 bridgehead atoms. The number of carbonyl (C=O) groups is 2. The number of rotatable bonds is 11. The van der Waals surface area contributed by atoms with Gasteiger partial charge in [-0.1, -0.05) is 36.4 Å². The largest absolute Gasteiger partial charge is 0.490 e. The first-order chi connectivity index (χ1) is 17.4. The monoisotopic (exact) mass is 602 g/mol. The van der Waals surface area contributed by atoms with E-state index in [1.54, 1.807) is 36.4 Å². The molecule has 0 aliphatic heterocycles. The van der Waals surface area contributed by atoms with Crippen molar-refractivity contribution in [2.24, 2.45) is 5.10 Å². The van der Waals surface area contributed by atoms with E-state index >= 15 is 0 Å². The summed E-state index contributed by atoms with van der Waals surface area (Å²) in [5.41, 5.74) is 3.83. The van der Waals surface area contributed by atoms with E-state index in [0.29, 0.717) is 38.5 Å². The van der Waals surface area contributed by atoms with Crippen molar-refractivity contribution in [3.05, 3.63) is 91.5 Å². The number of hydrazone groups is 1. The zero-order valence-electron chi connectivity index (χ0n) is 19.3. The van der Waals surface area contributed by atoms with Crippen molar-refractivity contribution >= 4 is 52.0 Å². The van der Waals surface area contributed by atoms with Gasteiger partial charge >= 0.3 is 0 Å². The summed E-state index contributed by atoms with van der Waals surface area (Å²) in [4.78, 5) is 35.0. The van der Waals surface area contributed by atoms with Gasteiger partial charge in [0.2, 0.25) is 5.91 Å². The average molecular weight is 602 g/mol. The van der Waals surface area contributed by atoms with Gasteiger partial charge in [0.1, 0.15) is 0 Å². The molecular weight excluding hydrogens is 579 g/mol. The summed E-state index contributed by atoms with van der Waals surface area (Å²) in [5, 5.41) is 17.8. The number of anilines is 1. The predicted octanol–water partition coefficient (Wildman–Crippen LogP) is 4.31. The molecule has 0 spiro atoms. The van der Waals surface area contributed by atoms with Crippen molar-refractivity contribution in [1.29, 1.82) is 0 Å². The standard InChI is InChI=1S/C25H23IN4O6/c1-2-35-22-13-17(15-27-29-23(31)14-18-8-6-7-11-21(18)30(33)34)12-20(26)25(22)36-16-24(32)28-19-9-4-3-5-10-19/h3-13,15H,2,14,16H2,1H3,(H,28,32)(H,29,31)/b27-15+. The minimum Gasteiger partial charge on any atom is -0.490 e. The lowest BCUT2D eigenvalue weighted by Crippen LogP contribution is -2.21. The molecule has 2 amide bonds. The number of carbonyl (C=O) groups excluding carboxylic acids is 2.